The summed E-state index contributed by atoms with van der Waals surface area (Å²) in [6.07, 6.45) is 1.64. The first-order valence-corrected chi connectivity index (χ1v) is 5.31. The van der Waals surface area contributed by atoms with Crippen molar-refractivity contribution in [3.63, 3.8) is 0 Å². The molecule has 0 spiro atoms. The first kappa shape index (κ1) is 10.3. The minimum atomic E-state index is -1.17. The van der Waals surface area contributed by atoms with Crippen molar-refractivity contribution >= 4 is 21.9 Å². The van der Waals surface area contributed by atoms with Gasteiger partial charge in [-0.05, 0) is 40.4 Å². The first-order chi connectivity index (χ1) is 7.11. The third-order valence-corrected chi connectivity index (χ3v) is 2.94. The second-order valence-corrected chi connectivity index (χ2v) is 4.18. The van der Waals surface area contributed by atoms with Crippen LogP contribution >= 0.6 is 15.9 Å². The minimum Gasteiger partial charge on any atom is -0.506 e. The summed E-state index contributed by atoms with van der Waals surface area (Å²) in [6.45, 7) is 0.494. The number of carbonyl (C=O) groups is 1. The zero-order valence-corrected chi connectivity index (χ0v) is 9.37. The molecule has 2 rings (SSSR count). The Hall–Kier alpha value is -1.23. The number of phenols is 1. The van der Waals surface area contributed by atoms with Crippen molar-refractivity contribution in [3.05, 3.63) is 21.7 Å². The molecule has 5 heteroatoms. The van der Waals surface area contributed by atoms with E-state index in [2.05, 4.69) is 15.9 Å². The smallest absolute Gasteiger partial charge is 0.343 e. The summed E-state index contributed by atoms with van der Waals surface area (Å²) in [5.41, 5.74) is 0.669. The fourth-order valence-electron chi connectivity index (χ4n) is 1.66. The van der Waals surface area contributed by atoms with Crippen LogP contribution in [-0.2, 0) is 6.42 Å². The van der Waals surface area contributed by atoms with E-state index in [1.165, 1.54) is 0 Å². The molecular formula is C10H9BrO4. The van der Waals surface area contributed by atoms with Crippen LogP contribution in [0.25, 0.3) is 0 Å². The minimum absolute atomic E-state index is 0.154. The molecule has 4 nitrogen and oxygen atoms in total. The SMILES string of the molecule is O=C(O)c1c(O)c(Br)cc2c1OCCC2. The summed E-state index contributed by atoms with van der Waals surface area (Å²) in [4.78, 5) is 11.0. The Morgan fingerprint density at radius 3 is 2.93 bits per heavy atom. The third kappa shape index (κ3) is 1.67. The molecule has 1 aromatic carbocycles. The lowest BCUT2D eigenvalue weighted by Gasteiger charge is -2.20. The van der Waals surface area contributed by atoms with Crippen molar-refractivity contribution in [2.45, 2.75) is 12.8 Å². The molecule has 15 heavy (non-hydrogen) atoms. The van der Waals surface area contributed by atoms with E-state index in [1.54, 1.807) is 6.07 Å². The highest BCUT2D eigenvalue weighted by Gasteiger charge is 2.25. The van der Waals surface area contributed by atoms with Gasteiger partial charge < -0.3 is 14.9 Å². The van der Waals surface area contributed by atoms with E-state index in [9.17, 15) is 9.90 Å². The highest BCUT2D eigenvalue weighted by atomic mass is 79.9. The fourth-order valence-corrected chi connectivity index (χ4v) is 2.13. The van der Waals surface area contributed by atoms with E-state index in [0.29, 0.717) is 16.8 Å². The Kier molecular flexibility index (Phi) is 2.56. The van der Waals surface area contributed by atoms with Crippen LogP contribution in [0.1, 0.15) is 22.3 Å². The Bertz CT molecular complexity index is 428. The van der Waals surface area contributed by atoms with Crippen LogP contribution in [0.4, 0.5) is 0 Å². The van der Waals surface area contributed by atoms with E-state index in [0.717, 1.165) is 18.4 Å². The number of halogens is 1. The van der Waals surface area contributed by atoms with Crippen LogP contribution in [0, 0.1) is 0 Å². The van der Waals surface area contributed by atoms with Gasteiger partial charge >= 0.3 is 5.97 Å². The Morgan fingerprint density at radius 1 is 1.53 bits per heavy atom. The second kappa shape index (κ2) is 3.73. The Morgan fingerprint density at radius 2 is 2.27 bits per heavy atom. The number of aromatic carboxylic acids is 1. The quantitative estimate of drug-likeness (QED) is 0.823. The van der Waals surface area contributed by atoms with E-state index in [1.807, 2.05) is 0 Å². The Labute approximate surface area is 94.6 Å². The number of benzene rings is 1. The number of fused-ring (bicyclic) bond motifs is 1. The van der Waals surface area contributed by atoms with Crippen LogP contribution in [0.5, 0.6) is 11.5 Å². The maximum absolute atomic E-state index is 11.0. The number of carboxylic acid groups (broad SMARTS) is 1. The molecular weight excluding hydrogens is 264 g/mol. The molecule has 0 unspecified atom stereocenters. The van der Waals surface area contributed by atoms with Gasteiger partial charge in [0.15, 0.2) is 0 Å². The number of aryl methyl sites for hydroxylation is 1. The average molecular weight is 273 g/mol. The first-order valence-electron chi connectivity index (χ1n) is 4.51. The number of ether oxygens (including phenoxy) is 1. The van der Waals surface area contributed by atoms with Gasteiger partial charge in [0.25, 0.3) is 0 Å². The lowest BCUT2D eigenvalue weighted by atomic mass is 10.0. The maximum Gasteiger partial charge on any atom is 0.343 e. The van der Waals surface area contributed by atoms with Gasteiger partial charge in [0.05, 0.1) is 11.1 Å². The number of carboxylic acids is 1. The molecule has 1 aromatic rings. The van der Waals surface area contributed by atoms with E-state index in [4.69, 9.17) is 9.84 Å². The highest BCUT2D eigenvalue weighted by Crippen LogP contribution is 2.40. The molecule has 80 valence electrons. The molecule has 0 atom stereocenters. The molecule has 1 heterocycles. The molecule has 1 aliphatic rings. The fraction of sp³-hybridized carbons (Fsp3) is 0.300. The molecule has 0 saturated heterocycles. The van der Waals surface area contributed by atoms with Gasteiger partial charge in [-0.3, -0.25) is 0 Å². The topological polar surface area (TPSA) is 66.8 Å². The van der Waals surface area contributed by atoms with Gasteiger partial charge in [-0.1, -0.05) is 0 Å². The Balaban J connectivity index is 2.68. The maximum atomic E-state index is 11.0. The van der Waals surface area contributed by atoms with Crippen LogP contribution in [0.15, 0.2) is 10.5 Å². The monoisotopic (exact) mass is 272 g/mol. The van der Waals surface area contributed by atoms with E-state index >= 15 is 0 Å². The lowest BCUT2D eigenvalue weighted by molar-refractivity contribution is 0.0687. The van der Waals surface area contributed by atoms with Crippen LogP contribution in [0.3, 0.4) is 0 Å². The molecule has 0 aliphatic carbocycles. The molecule has 2 N–H and O–H groups in total. The van der Waals surface area contributed by atoms with Gasteiger partial charge in [0.2, 0.25) is 0 Å². The molecule has 0 saturated carbocycles. The van der Waals surface area contributed by atoms with Crippen molar-refractivity contribution in [2.24, 2.45) is 0 Å². The number of hydrogen-bond donors (Lipinski definition) is 2. The number of hydrogen-bond acceptors (Lipinski definition) is 3. The number of rotatable bonds is 1. The third-order valence-electron chi connectivity index (χ3n) is 2.33. The summed E-state index contributed by atoms with van der Waals surface area (Å²) in [5.74, 6) is -1.15. The molecule has 0 bridgehead atoms. The van der Waals surface area contributed by atoms with Gasteiger partial charge in [0, 0.05) is 0 Å². The lowest BCUT2D eigenvalue weighted by Crippen LogP contribution is -2.13. The predicted octanol–water partition coefficient (Wildman–Crippen LogP) is 2.18. The van der Waals surface area contributed by atoms with Crippen molar-refractivity contribution in [1.29, 1.82) is 0 Å². The molecule has 0 aromatic heterocycles. The molecule has 1 aliphatic heterocycles. The zero-order valence-electron chi connectivity index (χ0n) is 7.79. The van der Waals surface area contributed by atoms with Crippen LogP contribution < -0.4 is 4.74 Å². The molecule has 0 fully saturated rings. The standard InChI is InChI=1S/C10H9BrO4/c11-6-4-5-2-1-3-15-9(5)7(8(6)12)10(13)14/h4,12H,1-3H2,(H,13,14). The summed E-state index contributed by atoms with van der Waals surface area (Å²) >= 11 is 3.12. The van der Waals surface area contributed by atoms with Crippen molar-refractivity contribution < 1.29 is 19.7 Å². The normalized spacial score (nSPS) is 14.2. The van der Waals surface area contributed by atoms with Gasteiger partial charge in [-0.25, -0.2) is 4.79 Å². The van der Waals surface area contributed by atoms with Crippen molar-refractivity contribution in [3.8, 4) is 11.5 Å². The summed E-state index contributed by atoms with van der Waals surface area (Å²) in [6, 6.07) is 1.70. The van der Waals surface area contributed by atoms with E-state index < -0.39 is 5.97 Å². The average Bonchev–Trinajstić information content (AvgIpc) is 2.19. The van der Waals surface area contributed by atoms with Crippen molar-refractivity contribution in [2.75, 3.05) is 6.61 Å². The van der Waals surface area contributed by atoms with Crippen LogP contribution in [0.2, 0.25) is 0 Å². The van der Waals surface area contributed by atoms with Crippen molar-refractivity contribution in [1.82, 2.24) is 0 Å². The number of aromatic hydroxyl groups is 1. The predicted molar refractivity (Wildman–Crippen MR) is 56.6 cm³/mol. The summed E-state index contributed by atoms with van der Waals surface area (Å²) in [5, 5.41) is 18.6. The van der Waals surface area contributed by atoms with Gasteiger partial charge in [-0.2, -0.15) is 0 Å². The highest BCUT2D eigenvalue weighted by molar-refractivity contribution is 9.10. The van der Waals surface area contributed by atoms with Crippen LogP contribution in [-0.4, -0.2) is 22.8 Å². The largest absolute Gasteiger partial charge is 0.506 e. The zero-order chi connectivity index (χ0) is 11.0. The summed E-state index contributed by atoms with van der Waals surface area (Å²) < 4.78 is 5.68. The second-order valence-electron chi connectivity index (χ2n) is 3.33. The van der Waals surface area contributed by atoms with E-state index in [-0.39, 0.29) is 11.3 Å². The molecule has 0 amide bonds. The molecule has 0 radical (unpaired) electrons. The van der Waals surface area contributed by atoms with Gasteiger partial charge in [0.1, 0.15) is 17.1 Å². The van der Waals surface area contributed by atoms with Gasteiger partial charge in [-0.15, -0.1) is 0 Å². The summed E-state index contributed by atoms with van der Waals surface area (Å²) in [7, 11) is 0.